The van der Waals surface area contributed by atoms with Gasteiger partial charge in [0.2, 0.25) is 0 Å². The van der Waals surface area contributed by atoms with Gasteiger partial charge in [0.1, 0.15) is 0 Å². The number of urea groups is 1. The van der Waals surface area contributed by atoms with Gasteiger partial charge in [0.15, 0.2) is 0 Å². The summed E-state index contributed by atoms with van der Waals surface area (Å²) in [5.74, 6) is 0. The SMILES string of the molecule is CN(C[C@@H]1CCCCO1)C(=O)NCc1ccc(C(F)(F)F)cc1. The predicted molar refractivity (Wildman–Crippen MR) is 79.9 cm³/mol. The molecule has 0 aromatic heterocycles. The number of nitrogens with zero attached hydrogens (tertiary/aromatic N) is 1. The van der Waals surface area contributed by atoms with Crippen molar-refractivity contribution in [2.24, 2.45) is 0 Å². The summed E-state index contributed by atoms with van der Waals surface area (Å²) in [5, 5.41) is 2.70. The van der Waals surface area contributed by atoms with Crippen LogP contribution in [0.1, 0.15) is 30.4 Å². The second-order valence-corrected chi connectivity index (χ2v) is 5.72. The summed E-state index contributed by atoms with van der Waals surface area (Å²) in [6, 6.07) is 4.50. The van der Waals surface area contributed by atoms with Crippen molar-refractivity contribution in [2.45, 2.75) is 38.1 Å². The Bertz CT molecular complexity index is 511. The minimum atomic E-state index is -4.35. The normalized spacial score (nSPS) is 18.5. The Labute approximate surface area is 133 Å². The smallest absolute Gasteiger partial charge is 0.376 e. The Morgan fingerprint density at radius 2 is 2.00 bits per heavy atom. The highest BCUT2D eigenvalue weighted by atomic mass is 19.4. The maximum atomic E-state index is 12.5. The molecule has 0 bridgehead atoms. The molecule has 1 heterocycles. The van der Waals surface area contributed by atoms with Crippen LogP contribution in [-0.2, 0) is 17.5 Å². The molecule has 1 atom stereocenters. The van der Waals surface area contributed by atoms with Crippen LogP contribution in [-0.4, -0.2) is 37.2 Å². The molecule has 1 aliphatic heterocycles. The highest BCUT2D eigenvalue weighted by Gasteiger charge is 2.29. The maximum absolute atomic E-state index is 12.5. The van der Waals surface area contributed by atoms with Gasteiger partial charge in [0.05, 0.1) is 11.7 Å². The van der Waals surface area contributed by atoms with E-state index in [9.17, 15) is 18.0 Å². The van der Waals surface area contributed by atoms with Crippen LogP contribution in [0.25, 0.3) is 0 Å². The third-order valence-corrected chi connectivity index (χ3v) is 3.82. The first-order valence-corrected chi connectivity index (χ1v) is 7.63. The number of hydrogen-bond acceptors (Lipinski definition) is 2. The monoisotopic (exact) mass is 330 g/mol. The molecule has 23 heavy (non-hydrogen) atoms. The Morgan fingerprint density at radius 1 is 1.30 bits per heavy atom. The average molecular weight is 330 g/mol. The number of carbonyl (C=O) groups excluding carboxylic acids is 1. The molecule has 1 saturated heterocycles. The first kappa shape index (κ1) is 17.6. The van der Waals surface area contributed by atoms with Crippen molar-refractivity contribution in [1.29, 1.82) is 0 Å². The third-order valence-electron chi connectivity index (χ3n) is 3.82. The quantitative estimate of drug-likeness (QED) is 0.919. The molecule has 0 aliphatic carbocycles. The summed E-state index contributed by atoms with van der Waals surface area (Å²) in [5.41, 5.74) is -0.0761. The van der Waals surface area contributed by atoms with Gasteiger partial charge in [-0.3, -0.25) is 0 Å². The number of rotatable bonds is 4. The van der Waals surface area contributed by atoms with Crippen molar-refractivity contribution in [3.05, 3.63) is 35.4 Å². The fourth-order valence-corrected chi connectivity index (χ4v) is 2.46. The van der Waals surface area contributed by atoms with Crippen LogP contribution < -0.4 is 5.32 Å². The fourth-order valence-electron chi connectivity index (χ4n) is 2.46. The van der Waals surface area contributed by atoms with Crippen LogP contribution in [0.2, 0.25) is 0 Å². The van der Waals surface area contributed by atoms with Crippen molar-refractivity contribution in [3.8, 4) is 0 Å². The first-order valence-electron chi connectivity index (χ1n) is 7.63. The molecule has 4 nitrogen and oxygen atoms in total. The number of hydrogen-bond donors (Lipinski definition) is 1. The Balaban J connectivity index is 1.79. The van der Waals surface area contributed by atoms with Gasteiger partial charge in [-0.2, -0.15) is 13.2 Å². The van der Waals surface area contributed by atoms with Gasteiger partial charge in [-0.25, -0.2) is 4.79 Å². The lowest BCUT2D eigenvalue weighted by Gasteiger charge is -2.27. The highest BCUT2D eigenvalue weighted by molar-refractivity contribution is 5.73. The lowest BCUT2D eigenvalue weighted by Crippen LogP contribution is -2.42. The maximum Gasteiger partial charge on any atom is 0.416 e. The number of alkyl halides is 3. The van der Waals surface area contributed by atoms with Crippen LogP contribution in [0.15, 0.2) is 24.3 Å². The fraction of sp³-hybridized carbons (Fsp3) is 0.562. The summed E-state index contributed by atoms with van der Waals surface area (Å²) < 4.78 is 43.0. The standard InChI is InChI=1S/C16H21F3N2O2/c1-21(11-14-4-2-3-9-23-14)15(22)20-10-12-5-7-13(8-6-12)16(17,18)19/h5-8,14H,2-4,9-11H2,1H3,(H,20,22)/t14-/m0/s1. The van der Waals surface area contributed by atoms with E-state index in [1.807, 2.05) is 0 Å². The molecular weight excluding hydrogens is 309 g/mol. The van der Waals surface area contributed by atoms with Crippen molar-refractivity contribution in [1.82, 2.24) is 10.2 Å². The molecule has 0 saturated carbocycles. The van der Waals surface area contributed by atoms with E-state index in [-0.39, 0.29) is 18.7 Å². The molecule has 128 valence electrons. The van der Waals surface area contributed by atoms with E-state index >= 15 is 0 Å². The molecule has 1 aromatic rings. The predicted octanol–water partition coefficient (Wildman–Crippen LogP) is 3.42. The van der Waals surface area contributed by atoms with E-state index in [2.05, 4.69) is 5.32 Å². The number of amides is 2. The first-order chi connectivity index (χ1) is 10.9. The minimum absolute atomic E-state index is 0.0607. The highest BCUT2D eigenvalue weighted by Crippen LogP contribution is 2.29. The molecular formula is C16H21F3N2O2. The van der Waals surface area contributed by atoms with E-state index in [1.165, 1.54) is 12.1 Å². The largest absolute Gasteiger partial charge is 0.416 e. The Kier molecular flexibility index (Phi) is 5.87. The summed E-state index contributed by atoms with van der Waals surface area (Å²) >= 11 is 0. The summed E-state index contributed by atoms with van der Waals surface area (Å²) in [4.78, 5) is 13.5. The Morgan fingerprint density at radius 3 is 2.57 bits per heavy atom. The van der Waals surface area contributed by atoms with Crippen LogP contribution >= 0.6 is 0 Å². The molecule has 0 spiro atoms. The molecule has 0 radical (unpaired) electrons. The summed E-state index contributed by atoms with van der Waals surface area (Å²) in [7, 11) is 1.68. The van der Waals surface area contributed by atoms with Gasteiger partial charge in [-0.05, 0) is 37.0 Å². The number of nitrogens with one attached hydrogen (secondary N) is 1. The number of halogens is 3. The van der Waals surface area contributed by atoms with Gasteiger partial charge in [0, 0.05) is 26.7 Å². The molecule has 1 N–H and O–H groups in total. The number of ether oxygens (including phenoxy) is 1. The zero-order chi connectivity index (χ0) is 16.9. The molecule has 1 fully saturated rings. The molecule has 1 aromatic carbocycles. The van der Waals surface area contributed by atoms with Crippen molar-refractivity contribution in [3.63, 3.8) is 0 Å². The molecule has 1 aliphatic rings. The van der Waals surface area contributed by atoms with Gasteiger partial charge < -0.3 is 15.0 Å². The van der Waals surface area contributed by atoms with E-state index in [0.29, 0.717) is 12.1 Å². The average Bonchev–Trinajstić information content (AvgIpc) is 2.53. The van der Waals surface area contributed by atoms with Crippen molar-refractivity contribution in [2.75, 3.05) is 20.2 Å². The van der Waals surface area contributed by atoms with E-state index < -0.39 is 11.7 Å². The Hall–Kier alpha value is -1.76. The minimum Gasteiger partial charge on any atom is -0.376 e. The lowest BCUT2D eigenvalue weighted by atomic mass is 10.1. The van der Waals surface area contributed by atoms with E-state index in [0.717, 1.165) is 38.0 Å². The van der Waals surface area contributed by atoms with Crippen molar-refractivity contribution >= 4 is 6.03 Å². The second-order valence-electron chi connectivity index (χ2n) is 5.72. The zero-order valence-corrected chi connectivity index (χ0v) is 13.0. The summed E-state index contributed by atoms with van der Waals surface area (Å²) in [6.45, 7) is 1.43. The lowest BCUT2D eigenvalue weighted by molar-refractivity contribution is -0.137. The molecule has 2 amide bonds. The second kappa shape index (κ2) is 7.68. The van der Waals surface area contributed by atoms with Gasteiger partial charge in [0.25, 0.3) is 0 Å². The van der Waals surface area contributed by atoms with Crippen LogP contribution in [0.4, 0.5) is 18.0 Å². The molecule has 0 unspecified atom stereocenters. The van der Waals surface area contributed by atoms with Gasteiger partial charge in [-0.1, -0.05) is 12.1 Å². The topological polar surface area (TPSA) is 41.6 Å². The van der Waals surface area contributed by atoms with Crippen LogP contribution in [0.3, 0.4) is 0 Å². The summed E-state index contributed by atoms with van der Waals surface area (Å²) in [6.07, 6.45) is -1.18. The van der Waals surface area contributed by atoms with Crippen molar-refractivity contribution < 1.29 is 22.7 Å². The van der Waals surface area contributed by atoms with Gasteiger partial charge >= 0.3 is 12.2 Å². The van der Waals surface area contributed by atoms with E-state index in [4.69, 9.17) is 4.74 Å². The number of benzene rings is 1. The third kappa shape index (κ3) is 5.42. The zero-order valence-electron chi connectivity index (χ0n) is 13.0. The van der Waals surface area contributed by atoms with Gasteiger partial charge in [-0.15, -0.1) is 0 Å². The number of carbonyl (C=O) groups is 1. The van der Waals surface area contributed by atoms with Crippen LogP contribution in [0, 0.1) is 0 Å². The number of likely N-dealkylation sites (N-methyl/N-ethyl adjacent to an activating group) is 1. The van der Waals surface area contributed by atoms with E-state index in [1.54, 1.807) is 11.9 Å². The molecule has 7 heteroatoms. The van der Waals surface area contributed by atoms with Crippen LogP contribution in [0.5, 0.6) is 0 Å². The molecule has 2 rings (SSSR count).